The van der Waals surface area contributed by atoms with Crippen LogP contribution in [0.3, 0.4) is 0 Å². The van der Waals surface area contributed by atoms with Crippen LogP contribution in [-0.2, 0) is 28.4 Å². The van der Waals surface area contributed by atoms with Gasteiger partial charge in [0.1, 0.15) is 0 Å². The second kappa shape index (κ2) is 8.69. The number of hydrogen-bond donors (Lipinski definition) is 1. The second-order valence-corrected chi connectivity index (χ2v) is 9.39. The highest BCUT2D eigenvalue weighted by molar-refractivity contribution is 7.92. The summed E-state index contributed by atoms with van der Waals surface area (Å²) >= 11 is 0. The van der Waals surface area contributed by atoms with E-state index in [-0.39, 0.29) is 28.3 Å². The Morgan fingerprint density at radius 1 is 0.971 bits per heavy atom. The quantitative estimate of drug-likeness (QED) is 0.364. The molecule has 5 rings (SSSR count). The Balaban J connectivity index is 1.39. The van der Waals surface area contributed by atoms with Gasteiger partial charge in [-0.25, -0.2) is 13.2 Å². The van der Waals surface area contributed by atoms with E-state index in [9.17, 15) is 18.0 Å². The molecular weight excluding hydrogens is 470 g/mol. The van der Waals surface area contributed by atoms with E-state index in [4.69, 9.17) is 4.74 Å². The minimum Gasteiger partial charge on any atom is -0.454 e. The van der Waals surface area contributed by atoms with E-state index in [0.717, 1.165) is 0 Å². The van der Waals surface area contributed by atoms with Crippen molar-refractivity contribution < 1.29 is 17.9 Å². The lowest BCUT2D eigenvalue weighted by Crippen LogP contribution is -2.20. The topological polar surface area (TPSA) is 125 Å². The number of anilines is 1. The average molecular weight is 490 g/mol. The van der Waals surface area contributed by atoms with Crippen molar-refractivity contribution in [1.29, 1.82) is 0 Å². The molecule has 0 amide bonds. The Hall–Kier alpha value is -4.51. The van der Waals surface area contributed by atoms with Crippen molar-refractivity contribution in [2.75, 3.05) is 4.72 Å². The molecule has 0 aliphatic rings. The number of nitrogens with one attached hydrogen (secondary N) is 1. The van der Waals surface area contributed by atoms with Crippen molar-refractivity contribution in [1.82, 2.24) is 19.2 Å². The van der Waals surface area contributed by atoms with Gasteiger partial charge in [0.05, 0.1) is 21.4 Å². The number of aromatic nitrogens is 4. The summed E-state index contributed by atoms with van der Waals surface area (Å²) in [5.41, 5.74) is 0.763. The molecular formula is C24H19N5O5S. The van der Waals surface area contributed by atoms with Crippen LogP contribution < -0.4 is 10.3 Å². The maximum absolute atomic E-state index is 12.7. The fraction of sp³-hybridized carbons (Fsp3) is 0.0833. The maximum atomic E-state index is 12.7. The first-order chi connectivity index (χ1) is 16.8. The van der Waals surface area contributed by atoms with Crippen LogP contribution in [0.4, 0.5) is 5.69 Å². The SMILES string of the molecule is Cn1c(=O)c2ccccc2n2c(COC(=O)c3cccc(NS(=O)(=O)c4ccccc4)c3)nnc12. The minimum atomic E-state index is -3.81. The molecule has 35 heavy (non-hydrogen) atoms. The maximum Gasteiger partial charge on any atom is 0.338 e. The summed E-state index contributed by atoms with van der Waals surface area (Å²) in [5.74, 6) is -0.0187. The summed E-state index contributed by atoms with van der Waals surface area (Å²) in [6.45, 7) is -0.206. The Labute approximate surface area is 199 Å². The molecule has 2 aromatic heterocycles. The molecule has 0 radical (unpaired) electrons. The number of esters is 1. The van der Waals surface area contributed by atoms with Crippen LogP contribution in [0.25, 0.3) is 16.7 Å². The van der Waals surface area contributed by atoms with E-state index in [1.165, 1.54) is 34.9 Å². The van der Waals surface area contributed by atoms with E-state index >= 15 is 0 Å². The molecule has 10 nitrogen and oxygen atoms in total. The van der Waals surface area contributed by atoms with Crippen molar-refractivity contribution in [3.63, 3.8) is 0 Å². The van der Waals surface area contributed by atoms with Crippen LogP contribution in [-0.4, -0.2) is 33.6 Å². The summed E-state index contributed by atoms with van der Waals surface area (Å²) in [4.78, 5) is 25.4. The zero-order valence-corrected chi connectivity index (χ0v) is 19.3. The lowest BCUT2D eigenvalue weighted by Gasteiger charge is -2.10. The van der Waals surface area contributed by atoms with Gasteiger partial charge in [-0.05, 0) is 42.5 Å². The summed E-state index contributed by atoms with van der Waals surface area (Å²) < 4.78 is 36.1. The van der Waals surface area contributed by atoms with Gasteiger partial charge in [0, 0.05) is 12.7 Å². The predicted molar refractivity (Wildman–Crippen MR) is 129 cm³/mol. The monoisotopic (exact) mass is 489 g/mol. The third-order valence-electron chi connectivity index (χ3n) is 5.43. The summed E-state index contributed by atoms with van der Waals surface area (Å²) in [7, 11) is -2.21. The lowest BCUT2D eigenvalue weighted by atomic mass is 10.2. The van der Waals surface area contributed by atoms with Gasteiger partial charge in [-0.15, -0.1) is 10.2 Å². The zero-order valence-electron chi connectivity index (χ0n) is 18.5. The molecule has 11 heteroatoms. The normalized spacial score (nSPS) is 11.6. The molecule has 0 aliphatic carbocycles. The molecule has 176 valence electrons. The number of ether oxygens (including phenoxy) is 1. The van der Waals surface area contributed by atoms with Crippen molar-refractivity contribution in [2.24, 2.45) is 7.05 Å². The number of sulfonamides is 1. The molecule has 0 aliphatic heterocycles. The van der Waals surface area contributed by atoms with Crippen molar-refractivity contribution in [3.8, 4) is 0 Å². The number of hydrogen-bond acceptors (Lipinski definition) is 7. The molecule has 1 N–H and O–H groups in total. The standard InChI is InChI=1S/C24H19N5O5S/c1-28-22(30)19-12-5-6-13-20(19)29-21(25-26-24(28)29)15-34-23(31)16-8-7-9-17(14-16)27-35(32,33)18-10-3-2-4-11-18/h2-14,27H,15H2,1H3. The first-order valence-electron chi connectivity index (χ1n) is 10.5. The Bertz CT molecular complexity index is 1740. The summed E-state index contributed by atoms with van der Waals surface area (Å²) in [6.07, 6.45) is 0. The van der Waals surface area contributed by atoms with Gasteiger partial charge in [0.2, 0.25) is 5.78 Å². The second-order valence-electron chi connectivity index (χ2n) is 7.71. The number of fused-ring (bicyclic) bond motifs is 3. The van der Waals surface area contributed by atoms with Crippen molar-refractivity contribution >= 4 is 38.4 Å². The molecule has 2 heterocycles. The summed E-state index contributed by atoms with van der Waals surface area (Å²) in [5, 5.41) is 8.65. The number of aryl methyl sites for hydroxylation is 1. The highest BCUT2D eigenvalue weighted by atomic mass is 32.2. The molecule has 3 aromatic carbocycles. The Kier molecular flexibility index (Phi) is 5.53. The third kappa shape index (κ3) is 4.13. The first-order valence-corrected chi connectivity index (χ1v) is 12.0. The fourth-order valence-electron chi connectivity index (χ4n) is 3.72. The highest BCUT2D eigenvalue weighted by Crippen LogP contribution is 2.19. The van der Waals surface area contributed by atoms with E-state index in [1.54, 1.807) is 60.0 Å². The van der Waals surface area contributed by atoms with Gasteiger partial charge in [-0.3, -0.25) is 18.5 Å². The van der Waals surface area contributed by atoms with Gasteiger partial charge >= 0.3 is 5.97 Å². The van der Waals surface area contributed by atoms with Crippen LogP contribution in [0.1, 0.15) is 16.2 Å². The van der Waals surface area contributed by atoms with Crippen molar-refractivity contribution in [2.45, 2.75) is 11.5 Å². The Morgan fingerprint density at radius 2 is 1.71 bits per heavy atom. The predicted octanol–water partition coefficient (Wildman–Crippen LogP) is 2.74. The number of carbonyl (C=O) groups is 1. The van der Waals surface area contributed by atoms with Crippen LogP contribution >= 0.6 is 0 Å². The minimum absolute atomic E-state index is 0.105. The highest BCUT2D eigenvalue weighted by Gasteiger charge is 2.18. The molecule has 0 saturated carbocycles. The Morgan fingerprint density at radius 3 is 2.51 bits per heavy atom. The van der Waals surface area contributed by atoms with Gasteiger partial charge < -0.3 is 4.74 Å². The van der Waals surface area contributed by atoms with Crippen LogP contribution in [0, 0.1) is 0 Å². The van der Waals surface area contributed by atoms with E-state index < -0.39 is 16.0 Å². The average Bonchev–Trinajstić information content (AvgIpc) is 3.30. The van der Waals surface area contributed by atoms with Gasteiger partial charge in [0.15, 0.2) is 12.4 Å². The number of carbonyl (C=O) groups excluding carboxylic acids is 1. The van der Waals surface area contributed by atoms with Gasteiger partial charge in [0.25, 0.3) is 15.6 Å². The molecule has 0 fully saturated rings. The smallest absolute Gasteiger partial charge is 0.338 e. The number of rotatable bonds is 6. The van der Waals surface area contributed by atoms with Crippen LogP contribution in [0.15, 0.2) is 88.6 Å². The van der Waals surface area contributed by atoms with E-state index in [2.05, 4.69) is 14.9 Å². The molecule has 0 saturated heterocycles. The lowest BCUT2D eigenvalue weighted by molar-refractivity contribution is 0.0461. The third-order valence-corrected chi connectivity index (χ3v) is 6.83. The fourth-order valence-corrected chi connectivity index (χ4v) is 4.79. The van der Waals surface area contributed by atoms with Crippen LogP contribution in [0.2, 0.25) is 0 Å². The first kappa shape index (κ1) is 22.3. The molecule has 5 aromatic rings. The van der Waals surface area contributed by atoms with Gasteiger partial charge in [-0.2, -0.15) is 0 Å². The number of nitrogens with zero attached hydrogens (tertiary/aromatic N) is 4. The molecule has 0 spiro atoms. The largest absolute Gasteiger partial charge is 0.454 e. The molecule has 0 bridgehead atoms. The molecule has 0 atom stereocenters. The number of para-hydroxylation sites is 1. The van der Waals surface area contributed by atoms with Crippen LogP contribution in [0.5, 0.6) is 0 Å². The number of benzene rings is 3. The molecule has 0 unspecified atom stereocenters. The van der Waals surface area contributed by atoms with Crippen molar-refractivity contribution in [3.05, 3.63) is 101 Å². The van der Waals surface area contributed by atoms with E-state index in [1.807, 2.05) is 0 Å². The summed E-state index contributed by atoms with van der Waals surface area (Å²) in [6, 6.07) is 20.9. The van der Waals surface area contributed by atoms with E-state index in [0.29, 0.717) is 22.5 Å². The zero-order chi connectivity index (χ0) is 24.6. The van der Waals surface area contributed by atoms with Gasteiger partial charge in [-0.1, -0.05) is 36.4 Å².